The predicted molar refractivity (Wildman–Crippen MR) is 95.6 cm³/mol. The highest BCUT2D eigenvalue weighted by molar-refractivity contribution is 5.86. The van der Waals surface area contributed by atoms with E-state index in [-0.39, 0.29) is 5.91 Å². The minimum atomic E-state index is -0.613. The van der Waals surface area contributed by atoms with E-state index in [4.69, 9.17) is 5.73 Å². The first-order chi connectivity index (χ1) is 11.5. The fraction of sp³-hybridized carbons (Fsp3) is 0.889. The Kier molecular flexibility index (Phi) is 7.34. The molecule has 0 aromatic heterocycles. The second-order valence-corrected chi connectivity index (χ2v) is 7.63. The van der Waals surface area contributed by atoms with Crippen LogP contribution in [0.4, 0.5) is 4.79 Å². The number of amides is 3. The summed E-state index contributed by atoms with van der Waals surface area (Å²) in [6.07, 6.45) is 6.31. The first-order valence-electron chi connectivity index (χ1n) is 9.56. The van der Waals surface area contributed by atoms with Crippen LogP contribution >= 0.6 is 0 Å². The minimum absolute atomic E-state index is 0.0348. The zero-order chi connectivity index (χ0) is 17.5. The number of urea groups is 1. The number of hydrogen-bond acceptors (Lipinski definition) is 3. The van der Waals surface area contributed by atoms with Crippen molar-refractivity contribution in [2.75, 3.05) is 32.7 Å². The monoisotopic (exact) mass is 338 g/mol. The van der Waals surface area contributed by atoms with E-state index in [0.29, 0.717) is 12.3 Å². The lowest BCUT2D eigenvalue weighted by Crippen LogP contribution is -2.53. The average molecular weight is 338 g/mol. The normalized spacial score (nSPS) is 24.6. The highest BCUT2D eigenvalue weighted by atomic mass is 16.2. The zero-order valence-electron chi connectivity index (χ0n) is 15.3. The molecule has 0 unspecified atom stereocenters. The molecule has 0 aromatic rings. The van der Waals surface area contributed by atoms with Crippen LogP contribution in [0, 0.1) is 11.8 Å². The maximum atomic E-state index is 12.7. The number of carbonyl (C=O) groups excluding carboxylic acids is 2. The summed E-state index contributed by atoms with van der Waals surface area (Å²) in [5, 5.41) is 2.62. The van der Waals surface area contributed by atoms with Crippen molar-refractivity contribution in [1.29, 1.82) is 0 Å². The zero-order valence-corrected chi connectivity index (χ0v) is 15.3. The van der Waals surface area contributed by atoms with Crippen LogP contribution < -0.4 is 11.1 Å². The maximum absolute atomic E-state index is 12.7. The minimum Gasteiger partial charge on any atom is -0.352 e. The van der Waals surface area contributed by atoms with Crippen LogP contribution in [0.1, 0.15) is 52.4 Å². The Labute approximate surface area is 146 Å². The van der Waals surface area contributed by atoms with Crippen molar-refractivity contribution in [2.24, 2.45) is 17.6 Å². The summed E-state index contributed by atoms with van der Waals surface area (Å²) in [7, 11) is 0. The van der Waals surface area contributed by atoms with Gasteiger partial charge in [-0.1, -0.05) is 20.3 Å². The van der Waals surface area contributed by atoms with Crippen molar-refractivity contribution >= 4 is 11.9 Å². The van der Waals surface area contributed by atoms with Gasteiger partial charge in [-0.3, -0.25) is 4.79 Å². The standard InChI is InChI=1S/C18H34N4O2/c1-3-5-16(20-18(19)24)17(23)22-9-4-6-15(13-22)12-21-10-7-14(2)8-11-21/h14-16H,3-13H2,1-2H3,(H3,19,20,24)/t15-,16+/m0/s1. The van der Waals surface area contributed by atoms with E-state index in [9.17, 15) is 9.59 Å². The van der Waals surface area contributed by atoms with E-state index in [0.717, 1.165) is 38.4 Å². The SMILES string of the molecule is CCC[C@@H](NC(N)=O)C(=O)N1CCC[C@@H](CN2CCC(C)CC2)C1. The van der Waals surface area contributed by atoms with E-state index >= 15 is 0 Å². The summed E-state index contributed by atoms with van der Waals surface area (Å²) in [6, 6.07) is -1.08. The third-order valence-electron chi connectivity index (χ3n) is 5.42. The van der Waals surface area contributed by atoms with Crippen molar-refractivity contribution < 1.29 is 9.59 Å². The number of primary amides is 1. The van der Waals surface area contributed by atoms with Gasteiger partial charge in [0.2, 0.25) is 5.91 Å². The van der Waals surface area contributed by atoms with Crippen LogP contribution in [-0.4, -0.2) is 60.5 Å². The van der Waals surface area contributed by atoms with Crippen LogP contribution in [-0.2, 0) is 4.79 Å². The molecular weight excluding hydrogens is 304 g/mol. The first-order valence-corrected chi connectivity index (χ1v) is 9.56. The van der Waals surface area contributed by atoms with Crippen LogP contribution in [0.5, 0.6) is 0 Å². The first kappa shape index (κ1) is 19.0. The van der Waals surface area contributed by atoms with E-state index in [2.05, 4.69) is 17.1 Å². The smallest absolute Gasteiger partial charge is 0.312 e. The maximum Gasteiger partial charge on any atom is 0.312 e. The molecule has 0 bridgehead atoms. The number of hydrogen-bond donors (Lipinski definition) is 2. The molecule has 24 heavy (non-hydrogen) atoms. The molecule has 0 aliphatic carbocycles. The molecular formula is C18H34N4O2. The molecule has 0 saturated carbocycles. The predicted octanol–water partition coefficient (Wildman–Crippen LogP) is 1.79. The van der Waals surface area contributed by atoms with Crippen molar-refractivity contribution in [3.05, 3.63) is 0 Å². The highest BCUT2D eigenvalue weighted by Gasteiger charge is 2.30. The summed E-state index contributed by atoms with van der Waals surface area (Å²) in [6.45, 7) is 9.43. The van der Waals surface area contributed by atoms with Crippen molar-refractivity contribution in [3.8, 4) is 0 Å². The lowest BCUT2D eigenvalue weighted by atomic mass is 9.94. The molecule has 2 atom stereocenters. The van der Waals surface area contributed by atoms with Gasteiger partial charge < -0.3 is 20.9 Å². The van der Waals surface area contributed by atoms with Gasteiger partial charge in [0.05, 0.1) is 0 Å². The van der Waals surface area contributed by atoms with E-state index in [1.54, 1.807) is 0 Å². The summed E-state index contributed by atoms with van der Waals surface area (Å²) in [4.78, 5) is 28.4. The van der Waals surface area contributed by atoms with E-state index < -0.39 is 12.1 Å². The number of likely N-dealkylation sites (tertiary alicyclic amines) is 2. The van der Waals surface area contributed by atoms with Crippen molar-refractivity contribution in [1.82, 2.24) is 15.1 Å². The number of nitrogens with one attached hydrogen (secondary N) is 1. The Morgan fingerprint density at radius 3 is 2.54 bits per heavy atom. The van der Waals surface area contributed by atoms with Gasteiger partial charge in [-0.2, -0.15) is 0 Å². The van der Waals surface area contributed by atoms with Crippen LogP contribution in [0.3, 0.4) is 0 Å². The molecule has 0 spiro atoms. The Morgan fingerprint density at radius 1 is 1.21 bits per heavy atom. The molecule has 2 rings (SSSR count). The van der Waals surface area contributed by atoms with Gasteiger partial charge in [0, 0.05) is 19.6 Å². The van der Waals surface area contributed by atoms with Crippen LogP contribution in [0.15, 0.2) is 0 Å². The Hall–Kier alpha value is -1.30. The summed E-state index contributed by atoms with van der Waals surface area (Å²) < 4.78 is 0. The molecule has 2 saturated heterocycles. The molecule has 6 heteroatoms. The quantitative estimate of drug-likeness (QED) is 0.775. The van der Waals surface area contributed by atoms with Gasteiger partial charge in [-0.05, 0) is 57.0 Å². The van der Waals surface area contributed by atoms with E-state index in [1.807, 2.05) is 11.8 Å². The average Bonchev–Trinajstić information content (AvgIpc) is 2.56. The van der Waals surface area contributed by atoms with Crippen LogP contribution in [0.2, 0.25) is 0 Å². The molecule has 3 amide bonds. The van der Waals surface area contributed by atoms with Crippen molar-refractivity contribution in [3.63, 3.8) is 0 Å². The fourth-order valence-corrected chi connectivity index (χ4v) is 3.96. The van der Waals surface area contributed by atoms with Gasteiger partial charge in [0.1, 0.15) is 6.04 Å². The fourth-order valence-electron chi connectivity index (χ4n) is 3.96. The number of nitrogens with zero attached hydrogens (tertiary/aromatic N) is 2. The Balaban J connectivity index is 1.86. The summed E-state index contributed by atoms with van der Waals surface area (Å²) >= 11 is 0. The number of piperidine rings is 2. The molecule has 3 N–H and O–H groups in total. The second-order valence-electron chi connectivity index (χ2n) is 7.63. The van der Waals surface area contributed by atoms with Gasteiger partial charge in [-0.15, -0.1) is 0 Å². The Bertz CT molecular complexity index is 421. The molecule has 0 radical (unpaired) electrons. The van der Waals surface area contributed by atoms with Crippen LogP contribution in [0.25, 0.3) is 0 Å². The lowest BCUT2D eigenvalue weighted by molar-refractivity contribution is -0.135. The molecule has 2 aliphatic rings. The van der Waals surface area contributed by atoms with Gasteiger partial charge >= 0.3 is 6.03 Å². The Morgan fingerprint density at radius 2 is 1.92 bits per heavy atom. The van der Waals surface area contributed by atoms with Gasteiger partial charge in [-0.25, -0.2) is 4.79 Å². The number of carbonyl (C=O) groups is 2. The van der Waals surface area contributed by atoms with E-state index in [1.165, 1.54) is 32.4 Å². The summed E-state index contributed by atoms with van der Waals surface area (Å²) in [5.74, 6) is 1.43. The second kappa shape index (κ2) is 9.25. The van der Waals surface area contributed by atoms with Gasteiger partial charge in [0.25, 0.3) is 0 Å². The number of rotatable bonds is 6. The highest BCUT2D eigenvalue weighted by Crippen LogP contribution is 2.22. The molecule has 6 nitrogen and oxygen atoms in total. The largest absolute Gasteiger partial charge is 0.352 e. The van der Waals surface area contributed by atoms with Gasteiger partial charge in [0.15, 0.2) is 0 Å². The topological polar surface area (TPSA) is 78.7 Å². The van der Waals surface area contributed by atoms with Crippen molar-refractivity contribution in [2.45, 2.75) is 58.4 Å². The lowest BCUT2D eigenvalue weighted by Gasteiger charge is -2.38. The summed E-state index contributed by atoms with van der Waals surface area (Å²) in [5.41, 5.74) is 5.23. The third-order valence-corrected chi connectivity index (χ3v) is 5.42. The molecule has 2 heterocycles. The molecule has 2 fully saturated rings. The third kappa shape index (κ3) is 5.65. The molecule has 2 aliphatic heterocycles. The molecule has 138 valence electrons. The molecule has 0 aromatic carbocycles. The number of nitrogens with two attached hydrogens (primary N) is 1.